The molecule has 126 valence electrons. The van der Waals surface area contributed by atoms with Crippen LogP contribution in [0.1, 0.15) is 24.8 Å². The van der Waals surface area contributed by atoms with Crippen molar-refractivity contribution in [2.75, 3.05) is 0 Å². The molecule has 1 heterocycles. The summed E-state index contributed by atoms with van der Waals surface area (Å²) in [5.74, 6) is 0.363. The van der Waals surface area contributed by atoms with Crippen LogP contribution < -0.4 is 5.32 Å². The first kappa shape index (κ1) is 15.6. The molecule has 1 aliphatic rings. The molecule has 2 aromatic carbocycles. The average molecular weight is 331 g/mol. The highest BCUT2D eigenvalue weighted by Gasteiger charge is 2.25. The van der Waals surface area contributed by atoms with Crippen molar-refractivity contribution < 1.29 is 4.79 Å². The Morgan fingerprint density at radius 3 is 2.36 bits per heavy atom. The van der Waals surface area contributed by atoms with Crippen LogP contribution >= 0.6 is 0 Å². The lowest BCUT2D eigenvalue weighted by Gasteiger charge is -2.23. The van der Waals surface area contributed by atoms with E-state index in [-0.39, 0.29) is 11.8 Å². The number of rotatable bonds is 5. The van der Waals surface area contributed by atoms with Crippen LogP contribution in [0.25, 0.3) is 16.9 Å². The third-order valence-electron chi connectivity index (χ3n) is 4.79. The second-order valence-corrected chi connectivity index (χ2v) is 6.49. The Hall–Kier alpha value is -2.88. The Balaban J connectivity index is 1.63. The molecule has 0 bridgehead atoms. The van der Waals surface area contributed by atoms with E-state index < -0.39 is 0 Å². The second-order valence-electron chi connectivity index (χ2n) is 6.49. The van der Waals surface area contributed by atoms with Gasteiger partial charge in [0.2, 0.25) is 5.91 Å². The molecule has 0 radical (unpaired) electrons. The Bertz CT molecular complexity index is 851. The highest BCUT2D eigenvalue weighted by Crippen LogP contribution is 2.27. The second kappa shape index (κ2) is 6.93. The number of carbonyl (C=O) groups is 1. The monoisotopic (exact) mass is 331 g/mol. The predicted octanol–water partition coefficient (Wildman–Crippen LogP) is 3.96. The van der Waals surface area contributed by atoms with E-state index in [0.717, 1.165) is 35.3 Å². The van der Waals surface area contributed by atoms with E-state index in [4.69, 9.17) is 5.10 Å². The van der Waals surface area contributed by atoms with Gasteiger partial charge in [-0.3, -0.25) is 4.79 Å². The first-order valence-electron chi connectivity index (χ1n) is 8.78. The third kappa shape index (κ3) is 3.33. The van der Waals surface area contributed by atoms with Gasteiger partial charge in [-0.25, -0.2) is 4.68 Å². The SMILES string of the molecule is O=C(NCc1cn(-c2ccccc2)nc1-c1ccccc1)C1CCC1. The zero-order valence-electron chi connectivity index (χ0n) is 14.1. The Morgan fingerprint density at radius 1 is 1.04 bits per heavy atom. The lowest BCUT2D eigenvalue weighted by molar-refractivity contribution is -0.127. The van der Waals surface area contributed by atoms with Crippen LogP contribution in [0.5, 0.6) is 0 Å². The summed E-state index contributed by atoms with van der Waals surface area (Å²) >= 11 is 0. The molecule has 0 aliphatic heterocycles. The van der Waals surface area contributed by atoms with Crippen LogP contribution in [0, 0.1) is 5.92 Å². The van der Waals surface area contributed by atoms with Gasteiger partial charge in [0, 0.05) is 29.8 Å². The molecule has 1 aliphatic carbocycles. The Kier molecular flexibility index (Phi) is 4.34. The summed E-state index contributed by atoms with van der Waals surface area (Å²) in [5.41, 5.74) is 4.02. The van der Waals surface area contributed by atoms with Gasteiger partial charge in [0.15, 0.2) is 0 Å². The molecule has 0 unspecified atom stereocenters. The third-order valence-corrected chi connectivity index (χ3v) is 4.79. The van der Waals surface area contributed by atoms with Crippen LogP contribution in [0.3, 0.4) is 0 Å². The molecule has 4 rings (SSSR count). The van der Waals surface area contributed by atoms with Gasteiger partial charge in [-0.15, -0.1) is 0 Å². The molecule has 4 heteroatoms. The molecule has 4 nitrogen and oxygen atoms in total. The predicted molar refractivity (Wildman–Crippen MR) is 98.2 cm³/mol. The van der Waals surface area contributed by atoms with Crippen molar-refractivity contribution in [3.63, 3.8) is 0 Å². The van der Waals surface area contributed by atoms with Crippen molar-refractivity contribution in [2.45, 2.75) is 25.8 Å². The van der Waals surface area contributed by atoms with Gasteiger partial charge in [0.1, 0.15) is 0 Å². The van der Waals surface area contributed by atoms with E-state index >= 15 is 0 Å². The summed E-state index contributed by atoms with van der Waals surface area (Å²) in [5, 5.41) is 7.86. The maximum Gasteiger partial charge on any atom is 0.223 e. The zero-order valence-corrected chi connectivity index (χ0v) is 14.1. The molecule has 1 amide bonds. The van der Waals surface area contributed by atoms with Gasteiger partial charge in [-0.1, -0.05) is 55.0 Å². The van der Waals surface area contributed by atoms with Gasteiger partial charge in [0.05, 0.1) is 11.4 Å². The van der Waals surface area contributed by atoms with Crippen LogP contribution in [0.2, 0.25) is 0 Å². The topological polar surface area (TPSA) is 46.9 Å². The largest absolute Gasteiger partial charge is 0.352 e. The molecule has 25 heavy (non-hydrogen) atoms. The number of amides is 1. The van der Waals surface area contributed by atoms with Crippen molar-refractivity contribution in [1.29, 1.82) is 0 Å². The quantitative estimate of drug-likeness (QED) is 0.769. The number of hydrogen-bond acceptors (Lipinski definition) is 2. The minimum Gasteiger partial charge on any atom is -0.352 e. The van der Waals surface area contributed by atoms with E-state index in [2.05, 4.69) is 17.4 Å². The van der Waals surface area contributed by atoms with Gasteiger partial charge in [-0.05, 0) is 25.0 Å². The smallest absolute Gasteiger partial charge is 0.223 e. The Morgan fingerprint density at radius 2 is 1.72 bits per heavy atom. The number of hydrogen-bond donors (Lipinski definition) is 1. The lowest BCUT2D eigenvalue weighted by Crippen LogP contribution is -2.33. The van der Waals surface area contributed by atoms with Crippen molar-refractivity contribution in [2.24, 2.45) is 5.92 Å². The fourth-order valence-corrected chi connectivity index (χ4v) is 3.09. The van der Waals surface area contributed by atoms with Crippen molar-refractivity contribution in [1.82, 2.24) is 15.1 Å². The summed E-state index contributed by atoms with van der Waals surface area (Å²) in [4.78, 5) is 12.2. The molecular weight excluding hydrogens is 310 g/mol. The molecule has 1 aromatic heterocycles. The van der Waals surface area contributed by atoms with Gasteiger partial charge >= 0.3 is 0 Å². The number of aromatic nitrogens is 2. The fraction of sp³-hybridized carbons (Fsp3) is 0.238. The first-order valence-corrected chi connectivity index (χ1v) is 8.78. The summed E-state index contributed by atoms with van der Waals surface area (Å²) in [6.45, 7) is 0.506. The molecule has 1 saturated carbocycles. The maximum absolute atomic E-state index is 12.2. The van der Waals surface area contributed by atoms with E-state index in [0.29, 0.717) is 6.54 Å². The zero-order chi connectivity index (χ0) is 17.1. The van der Waals surface area contributed by atoms with Gasteiger partial charge in [-0.2, -0.15) is 5.10 Å². The average Bonchev–Trinajstić information content (AvgIpc) is 3.04. The molecule has 0 saturated heterocycles. The maximum atomic E-state index is 12.2. The van der Waals surface area contributed by atoms with Crippen LogP contribution in [0.4, 0.5) is 0 Å². The van der Waals surface area contributed by atoms with Crippen LogP contribution in [-0.2, 0) is 11.3 Å². The molecule has 0 spiro atoms. The Labute approximate surface area is 147 Å². The van der Waals surface area contributed by atoms with Crippen molar-refractivity contribution in [3.8, 4) is 16.9 Å². The molecule has 1 fully saturated rings. The summed E-state index contributed by atoms with van der Waals surface area (Å²) in [6, 6.07) is 20.1. The molecule has 0 atom stereocenters. The highest BCUT2D eigenvalue weighted by atomic mass is 16.1. The minimum absolute atomic E-state index is 0.165. The van der Waals surface area contributed by atoms with Crippen LogP contribution in [0.15, 0.2) is 66.9 Å². The molecular formula is C21H21N3O. The number of para-hydroxylation sites is 1. The van der Waals surface area contributed by atoms with Crippen molar-refractivity contribution >= 4 is 5.91 Å². The summed E-state index contributed by atoms with van der Waals surface area (Å²) < 4.78 is 1.88. The molecule has 3 aromatic rings. The molecule has 1 N–H and O–H groups in total. The highest BCUT2D eigenvalue weighted by molar-refractivity contribution is 5.79. The van der Waals surface area contributed by atoms with Gasteiger partial charge in [0.25, 0.3) is 0 Å². The fourth-order valence-electron chi connectivity index (χ4n) is 3.09. The summed E-state index contributed by atoms with van der Waals surface area (Å²) in [7, 11) is 0. The standard InChI is InChI=1S/C21H21N3O/c25-21(17-10-7-11-17)22-14-18-15-24(19-12-5-2-6-13-19)23-20(18)16-8-3-1-4-9-16/h1-6,8-9,12-13,15,17H,7,10-11,14H2,(H,22,25). The normalized spacial score (nSPS) is 14.1. The van der Waals surface area contributed by atoms with E-state index in [1.807, 2.05) is 59.4 Å². The minimum atomic E-state index is 0.165. The van der Waals surface area contributed by atoms with Gasteiger partial charge < -0.3 is 5.32 Å². The van der Waals surface area contributed by atoms with Crippen LogP contribution in [-0.4, -0.2) is 15.7 Å². The van der Waals surface area contributed by atoms with E-state index in [1.165, 1.54) is 6.42 Å². The van der Waals surface area contributed by atoms with E-state index in [9.17, 15) is 4.79 Å². The first-order chi connectivity index (χ1) is 12.3. The van der Waals surface area contributed by atoms with E-state index in [1.54, 1.807) is 0 Å². The number of nitrogens with zero attached hydrogens (tertiary/aromatic N) is 2. The van der Waals surface area contributed by atoms with Crippen molar-refractivity contribution in [3.05, 3.63) is 72.4 Å². The number of carbonyl (C=O) groups excluding carboxylic acids is 1. The number of benzene rings is 2. The summed E-state index contributed by atoms with van der Waals surface area (Å²) in [6.07, 6.45) is 5.21. The number of nitrogens with one attached hydrogen (secondary N) is 1. The lowest BCUT2D eigenvalue weighted by atomic mass is 9.85.